The Morgan fingerprint density at radius 3 is 3.05 bits per heavy atom. The molecule has 0 saturated carbocycles. The zero-order chi connectivity index (χ0) is 14.1. The number of nitriles is 1. The lowest BCUT2D eigenvalue weighted by molar-refractivity contribution is 0.683. The Labute approximate surface area is 115 Å². The highest BCUT2D eigenvalue weighted by Gasteiger charge is 2.21. The van der Waals surface area contributed by atoms with E-state index in [-0.39, 0.29) is 5.56 Å². The summed E-state index contributed by atoms with van der Waals surface area (Å²) < 4.78 is 0. The maximum absolute atomic E-state index is 12.0. The maximum Gasteiger partial charge on any atom is 0.256 e. The van der Waals surface area contributed by atoms with Crippen molar-refractivity contribution in [3.8, 4) is 6.07 Å². The number of anilines is 1. The molecule has 3 heterocycles. The van der Waals surface area contributed by atoms with Crippen molar-refractivity contribution in [3.05, 3.63) is 51.3 Å². The van der Waals surface area contributed by atoms with Crippen LogP contribution in [-0.4, -0.2) is 21.5 Å². The number of aromatic nitrogens is 3. The van der Waals surface area contributed by atoms with Crippen molar-refractivity contribution in [1.29, 1.82) is 5.26 Å². The minimum absolute atomic E-state index is 0.0892. The van der Waals surface area contributed by atoms with Gasteiger partial charge in [-0.1, -0.05) is 6.07 Å². The smallest absolute Gasteiger partial charge is 0.256 e. The summed E-state index contributed by atoms with van der Waals surface area (Å²) in [5, 5.41) is 8.90. The summed E-state index contributed by atoms with van der Waals surface area (Å²) in [7, 11) is 0. The predicted octanol–water partition coefficient (Wildman–Crippen LogP) is 0.908. The van der Waals surface area contributed by atoms with Crippen LogP contribution in [0.2, 0.25) is 0 Å². The molecular formula is C14H13N5O. The van der Waals surface area contributed by atoms with Gasteiger partial charge < -0.3 is 9.88 Å². The highest BCUT2D eigenvalue weighted by Crippen LogP contribution is 2.20. The number of rotatable bonds is 1. The van der Waals surface area contributed by atoms with Crippen LogP contribution in [0.5, 0.6) is 0 Å². The van der Waals surface area contributed by atoms with E-state index in [1.807, 2.05) is 17.0 Å². The minimum atomic E-state index is -0.0892. The number of hydrogen-bond acceptors (Lipinski definition) is 5. The molecule has 0 aliphatic carbocycles. The van der Waals surface area contributed by atoms with Gasteiger partial charge in [-0.2, -0.15) is 5.26 Å². The van der Waals surface area contributed by atoms with E-state index >= 15 is 0 Å². The third-order valence-electron chi connectivity index (χ3n) is 3.36. The lowest BCUT2D eigenvalue weighted by Crippen LogP contribution is -2.36. The van der Waals surface area contributed by atoms with Crippen LogP contribution in [0.4, 0.5) is 5.82 Å². The van der Waals surface area contributed by atoms with E-state index in [9.17, 15) is 4.79 Å². The van der Waals surface area contributed by atoms with Crippen LogP contribution < -0.4 is 10.5 Å². The van der Waals surface area contributed by atoms with Gasteiger partial charge in [0.2, 0.25) is 0 Å². The van der Waals surface area contributed by atoms with Crippen LogP contribution >= 0.6 is 0 Å². The van der Waals surface area contributed by atoms with Crippen LogP contribution in [0.15, 0.2) is 23.0 Å². The Morgan fingerprint density at radius 2 is 2.25 bits per heavy atom. The molecule has 1 aliphatic heterocycles. The molecule has 0 bridgehead atoms. The van der Waals surface area contributed by atoms with Crippen LogP contribution in [0.1, 0.15) is 22.8 Å². The molecule has 0 atom stereocenters. The van der Waals surface area contributed by atoms with Gasteiger partial charge in [-0.3, -0.25) is 4.79 Å². The standard InChI is InChI=1S/C14H13N5O/c1-9-16-12-5-6-19(8-11(12)14(20)17-9)13-4-2-3-10(7-15)18-13/h2-4H,5-6,8H2,1H3,(H,16,17,20). The summed E-state index contributed by atoms with van der Waals surface area (Å²) in [6.07, 6.45) is 0.707. The molecule has 6 nitrogen and oxygen atoms in total. The number of nitrogens with zero attached hydrogens (tertiary/aromatic N) is 4. The molecule has 2 aromatic rings. The molecule has 2 aromatic heterocycles. The van der Waals surface area contributed by atoms with E-state index in [1.165, 1.54) is 0 Å². The molecule has 100 valence electrons. The van der Waals surface area contributed by atoms with E-state index in [0.29, 0.717) is 30.0 Å². The van der Waals surface area contributed by atoms with Crippen LogP contribution in [0.25, 0.3) is 0 Å². The largest absolute Gasteiger partial charge is 0.352 e. The second kappa shape index (κ2) is 4.78. The zero-order valence-corrected chi connectivity index (χ0v) is 11.1. The Balaban J connectivity index is 1.96. The Kier molecular flexibility index (Phi) is 2.95. The number of aryl methyl sites for hydroxylation is 1. The van der Waals surface area contributed by atoms with Crippen molar-refractivity contribution in [1.82, 2.24) is 15.0 Å². The average Bonchev–Trinajstić information content (AvgIpc) is 2.47. The number of hydrogen-bond donors (Lipinski definition) is 1. The molecule has 0 unspecified atom stereocenters. The van der Waals surface area contributed by atoms with Crippen molar-refractivity contribution in [2.24, 2.45) is 0 Å². The topological polar surface area (TPSA) is 85.7 Å². The number of aromatic amines is 1. The second-order valence-electron chi connectivity index (χ2n) is 4.74. The minimum Gasteiger partial charge on any atom is -0.352 e. The Bertz CT molecular complexity index is 759. The molecule has 0 saturated heterocycles. The van der Waals surface area contributed by atoms with Gasteiger partial charge in [0.15, 0.2) is 0 Å². The van der Waals surface area contributed by atoms with Crippen LogP contribution in [0, 0.1) is 18.3 Å². The number of H-pyrrole nitrogens is 1. The average molecular weight is 267 g/mol. The lowest BCUT2D eigenvalue weighted by atomic mass is 10.1. The lowest BCUT2D eigenvalue weighted by Gasteiger charge is -2.28. The third kappa shape index (κ3) is 2.14. The molecule has 0 fully saturated rings. The highest BCUT2D eigenvalue weighted by molar-refractivity contribution is 5.44. The molecule has 6 heteroatoms. The monoisotopic (exact) mass is 267 g/mol. The van der Waals surface area contributed by atoms with Gasteiger partial charge in [-0.15, -0.1) is 0 Å². The summed E-state index contributed by atoms with van der Waals surface area (Å²) in [6, 6.07) is 7.34. The van der Waals surface area contributed by atoms with E-state index in [0.717, 1.165) is 18.1 Å². The maximum atomic E-state index is 12.0. The van der Waals surface area contributed by atoms with Gasteiger partial charge in [0.1, 0.15) is 23.4 Å². The van der Waals surface area contributed by atoms with Crippen molar-refractivity contribution in [2.75, 3.05) is 11.4 Å². The first-order chi connectivity index (χ1) is 9.67. The van der Waals surface area contributed by atoms with Crippen molar-refractivity contribution in [2.45, 2.75) is 19.9 Å². The molecule has 0 amide bonds. The van der Waals surface area contributed by atoms with E-state index in [4.69, 9.17) is 5.26 Å². The molecule has 1 N–H and O–H groups in total. The number of pyridine rings is 1. The number of fused-ring (bicyclic) bond motifs is 1. The Hall–Kier alpha value is -2.68. The Morgan fingerprint density at radius 1 is 1.40 bits per heavy atom. The first-order valence-corrected chi connectivity index (χ1v) is 6.38. The molecule has 0 spiro atoms. The predicted molar refractivity (Wildman–Crippen MR) is 73.3 cm³/mol. The molecule has 3 rings (SSSR count). The summed E-state index contributed by atoms with van der Waals surface area (Å²) >= 11 is 0. The van der Waals surface area contributed by atoms with Crippen molar-refractivity contribution >= 4 is 5.82 Å². The van der Waals surface area contributed by atoms with Crippen LogP contribution in [0.3, 0.4) is 0 Å². The SMILES string of the molecule is Cc1nc2c(c(=O)[nH]1)CN(c1cccc(C#N)n1)CC2. The van der Waals surface area contributed by atoms with Gasteiger partial charge in [-0.05, 0) is 19.1 Å². The van der Waals surface area contributed by atoms with E-state index in [2.05, 4.69) is 15.0 Å². The van der Waals surface area contributed by atoms with Crippen molar-refractivity contribution in [3.63, 3.8) is 0 Å². The van der Waals surface area contributed by atoms with Gasteiger partial charge in [0.05, 0.1) is 17.8 Å². The fourth-order valence-electron chi connectivity index (χ4n) is 2.41. The quantitative estimate of drug-likeness (QED) is 0.830. The summed E-state index contributed by atoms with van der Waals surface area (Å²) in [5.41, 5.74) is 1.84. The summed E-state index contributed by atoms with van der Waals surface area (Å²) in [4.78, 5) is 25.4. The van der Waals surface area contributed by atoms with Gasteiger partial charge >= 0.3 is 0 Å². The van der Waals surface area contributed by atoms with Gasteiger partial charge in [0, 0.05) is 13.0 Å². The fraction of sp³-hybridized carbons (Fsp3) is 0.286. The van der Waals surface area contributed by atoms with E-state index in [1.54, 1.807) is 19.1 Å². The summed E-state index contributed by atoms with van der Waals surface area (Å²) in [6.45, 7) is 3.00. The first kappa shape index (κ1) is 12.4. The highest BCUT2D eigenvalue weighted by atomic mass is 16.1. The second-order valence-corrected chi connectivity index (χ2v) is 4.74. The van der Waals surface area contributed by atoms with E-state index < -0.39 is 0 Å². The van der Waals surface area contributed by atoms with Gasteiger partial charge in [0.25, 0.3) is 5.56 Å². The zero-order valence-electron chi connectivity index (χ0n) is 11.1. The first-order valence-electron chi connectivity index (χ1n) is 6.38. The van der Waals surface area contributed by atoms with Gasteiger partial charge in [-0.25, -0.2) is 9.97 Å². The molecule has 0 radical (unpaired) electrons. The number of nitrogens with one attached hydrogen (secondary N) is 1. The fourth-order valence-corrected chi connectivity index (χ4v) is 2.41. The van der Waals surface area contributed by atoms with Crippen LogP contribution in [-0.2, 0) is 13.0 Å². The molecule has 20 heavy (non-hydrogen) atoms. The normalized spacial score (nSPS) is 13.7. The molecular weight excluding hydrogens is 254 g/mol. The summed E-state index contributed by atoms with van der Waals surface area (Å²) in [5.74, 6) is 1.36. The van der Waals surface area contributed by atoms with Crippen molar-refractivity contribution < 1.29 is 0 Å². The molecule has 0 aromatic carbocycles. The molecule has 1 aliphatic rings. The third-order valence-corrected chi connectivity index (χ3v) is 3.36.